The average Bonchev–Trinajstić information content (AvgIpc) is 2.22. The zero-order valence-electron chi connectivity index (χ0n) is 10.4. The van der Waals surface area contributed by atoms with Crippen LogP contribution in [0.25, 0.3) is 0 Å². The molecule has 1 rings (SSSR count). The second-order valence-corrected chi connectivity index (χ2v) is 8.10. The summed E-state index contributed by atoms with van der Waals surface area (Å²) < 4.78 is 11.8. The highest BCUT2D eigenvalue weighted by molar-refractivity contribution is 8.04. The SMILES string of the molecule is CC(C)S[C@@H]1OC(C)(C)O[C@H]1SC(C)C. The van der Waals surface area contributed by atoms with Crippen molar-refractivity contribution in [1.82, 2.24) is 0 Å². The van der Waals surface area contributed by atoms with Crippen LogP contribution >= 0.6 is 23.5 Å². The van der Waals surface area contributed by atoms with Crippen molar-refractivity contribution in [2.45, 2.75) is 68.7 Å². The standard InChI is InChI=1S/C11H22O2S2/c1-7(2)14-9-10(15-8(3)4)13-11(5,6)12-9/h7-10H,1-6H3/t9-,10-/m0/s1. The lowest BCUT2D eigenvalue weighted by Crippen LogP contribution is -2.21. The van der Waals surface area contributed by atoms with Crippen LogP contribution in [0.3, 0.4) is 0 Å². The number of ether oxygens (including phenoxy) is 2. The van der Waals surface area contributed by atoms with Gasteiger partial charge in [0.05, 0.1) is 0 Å². The minimum absolute atomic E-state index is 0.160. The van der Waals surface area contributed by atoms with Gasteiger partial charge in [-0.25, -0.2) is 0 Å². The maximum Gasteiger partial charge on any atom is 0.166 e. The molecule has 1 fully saturated rings. The van der Waals surface area contributed by atoms with E-state index in [1.54, 1.807) is 0 Å². The van der Waals surface area contributed by atoms with Crippen LogP contribution in [-0.4, -0.2) is 27.2 Å². The Hall–Kier alpha value is 0.620. The van der Waals surface area contributed by atoms with E-state index < -0.39 is 5.79 Å². The molecule has 1 heterocycles. The van der Waals surface area contributed by atoms with Gasteiger partial charge in [0.1, 0.15) is 10.9 Å². The largest absolute Gasteiger partial charge is 0.333 e. The first-order valence-corrected chi connectivity index (χ1v) is 7.35. The fraction of sp³-hybridized carbons (Fsp3) is 1.00. The Morgan fingerprint density at radius 3 is 1.47 bits per heavy atom. The van der Waals surface area contributed by atoms with Gasteiger partial charge >= 0.3 is 0 Å². The second-order valence-electron chi connectivity index (χ2n) is 4.74. The lowest BCUT2D eigenvalue weighted by molar-refractivity contribution is -0.132. The average molecular weight is 250 g/mol. The van der Waals surface area contributed by atoms with Gasteiger partial charge in [-0.15, -0.1) is 23.5 Å². The molecule has 0 saturated carbocycles. The molecule has 0 radical (unpaired) electrons. The van der Waals surface area contributed by atoms with E-state index >= 15 is 0 Å². The van der Waals surface area contributed by atoms with Crippen molar-refractivity contribution in [2.24, 2.45) is 0 Å². The predicted octanol–water partition coefficient (Wildman–Crippen LogP) is 3.70. The predicted molar refractivity (Wildman–Crippen MR) is 69.3 cm³/mol. The number of hydrogen-bond donors (Lipinski definition) is 0. The van der Waals surface area contributed by atoms with Gasteiger partial charge in [-0.3, -0.25) is 0 Å². The van der Waals surface area contributed by atoms with Gasteiger partial charge < -0.3 is 9.47 Å². The summed E-state index contributed by atoms with van der Waals surface area (Å²) in [5, 5.41) is 1.14. The highest BCUT2D eigenvalue weighted by atomic mass is 32.2. The topological polar surface area (TPSA) is 18.5 Å². The summed E-state index contributed by atoms with van der Waals surface area (Å²) >= 11 is 3.69. The zero-order valence-corrected chi connectivity index (χ0v) is 12.1. The maximum absolute atomic E-state index is 5.89. The normalized spacial score (nSPS) is 30.4. The molecule has 1 aliphatic rings. The molecular weight excluding hydrogens is 228 g/mol. The third-order valence-electron chi connectivity index (χ3n) is 1.83. The Labute approximate surface area is 102 Å². The van der Waals surface area contributed by atoms with Crippen LogP contribution in [0.5, 0.6) is 0 Å². The quantitative estimate of drug-likeness (QED) is 0.757. The summed E-state index contributed by atoms with van der Waals surface area (Å²) in [6.45, 7) is 12.7. The highest BCUT2D eigenvalue weighted by Crippen LogP contribution is 2.41. The van der Waals surface area contributed by atoms with Crippen LogP contribution in [0, 0.1) is 0 Å². The van der Waals surface area contributed by atoms with Crippen molar-refractivity contribution in [3.63, 3.8) is 0 Å². The third-order valence-corrected chi connectivity index (χ3v) is 4.32. The van der Waals surface area contributed by atoms with Crippen molar-refractivity contribution >= 4 is 23.5 Å². The van der Waals surface area contributed by atoms with E-state index in [1.165, 1.54) is 0 Å². The van der Waals surface area contributed by atoms with Gasteiger partial charge in [0.15, 0.2) is 5.79 Å². The van der Waals surface area contributed by atoms with Crippen LogP contribution < -0.4 is 0 Å². The number of hydrogen-bond acceptors (Lipinski definition) is 4. The number of thioether (sulfide) groups is 2. The Balaban J connectivity index is 2.57. The Bertz CT molecular complexity index is 185. The molecule has 2 atom stereocenters. The molecule has 15 heavy (non-hydrogen) atoms. The summed E-state index contributed by atoms with van der Waals surface area (Å²) in [6.07, 6.45) is 0. The second kappa shape index (κ2) is 5.30. The molecule has 0 bridgehead atoms. The van der Waals surface area contributed by atoms with Crippen LogP contribution in [0.2, 0.25) is 0 Å². The first kappa shape index (κ1) is 13.7. The lowest BCUT2D eigenvalue weighted by atomic mass is 10.4. The molecule has 0 aliphatic carbocycles. The molecule has 0 aromatic heterocycles. The first-order chi connectivity index (χ1) is 6.80. The molecule has 4 heteroatoms. The Kier molecular flexibility index (Phi) is 4.84. The van der Waals surface area contributed by atoms with Crippen molar-refractivity contribution in [1.29, 1.82) is 0 Å². The summed E-state index contributed by atoms with van der Waals surface area (Å²) in [5.41, 5.74) is 0.319. The van der Waals surface area contributed by atoms with Gasteiger partial charge in [0.2, 0.25) is 0 Å². The van der Waals surface area contributed by atoms with E-state index in [4.69, 9.17) is 9.47 Å². The zero-order chi connectivity index (χ0) is 11.6. The van der Waals surface area contributed by atoms with Gasteiger partial charge in [-0.05, 0) is 13.8 Å². The molecule has 0 unspecified atom stereocenters. The summed E-state index contributed by atoms with van der Waals surface area (Å²) in [5.74, 6) is -0.431. The van der Waals surface area contributed by atoms with Crippen molar-refractivity contribution in [2.75, 3.05) is 0 Å². The first-order valence-electron chi connectivity index (χ1n) is 5.47. The van der Waals surface area contributed by atoms with Crippen LogP contribution in [0.1, 0.15) is 41.5 Å². The monoisotopic (exact) mass is 250 g/mol. The summed E-state index contributed by atoms with van der Waals surface area (Å²) in [7, 11) is 0. The smallest absolute Gasteiger partial charge is 0.166 e. The van der Waals surface area contributed by atoms with Crippen molar-refractivity contribution in [3.05, 3.63) is 0 Å². The van der Waals surface area contributed by atoms with E-state index in [0.717, 1.165) is 0 Å². The molecule has 1 saturated heterocycles. The van der Waals surface area contributed by atoms with E-state index in [1.807, 2.05) is 37.4 Å². The molecule has 90 valence electrons. The van der Waals surface area contributed by atoms with Gasteiger partial charge in [-0.2, -0.15) is 0 Å². The fourth-order valence-electron chi connectivity index (χ4n) is 1.42. The molecule has 0 aromatic rings. The van der Waals surface area contributed by atoms with E-state index in [9.17, 15) is 0 Å². The van der Waals surface area contributed by atoms with Crippen LogP contribution in [0.4, 0.5) is 0 Å². The number of rotatable bonds is 4. The molecule has 0 spiro atoms. The molecule has 0 N–H and O–H groups in total. The minimum atomic E-state index is -0.431. The van der Waals surface area contributed by atoms with Gasteiger partial charge in [0.25, 0.3) is 0 Å². The molecule has 2 nitrogen and oxygen atoms in total. The van der Waals surface area contributed by atoms with Crippen molar-refractivity contribution in [3.8, 4) is 0 Å². The molecule has 0 amide bonds. The molecule has 0 aromatic carbocycles. The Morgan fingerprint density at radius 2 is 1.20 bits per heavy atom. The molecular formula is C11H22O2S2. The Morgan fingerprint density at radius 1 is 0.867 bits per heavy atom. The van der Waals surface area contributed by atoms with Crippen LogP contribution in [0.15, 0.2) is 0 Å². The van der Waals surface area contributed by atoms with E-state index in [0.29, 0.717) is 10.5 Å². The van der Waals surface area contributed by atoms with Crippen LogP contribution in [-0.2, 0) is 9.47 Å². The van der Waals surface area contributed by atoms with Crippen molar-refractivity contribution < 1.29 is 9.47 Å². The van der Waals surface area contributed by atoms with Gasteiger partial charge in [-0.1, -0.05) is 27.7 Å². The highest BCUT2D eigenvalue weighted by Gasteiger charge is 2.42. The summed E-state index contributed by atoms with van der Waals surface area (Å²) in [4.78, 5) is 0. The molecule has 1 aliphatic heterocycles. The lowest BCUT2D eigenvalue weighted by Gasteiger charge is -2.19. The minimum Gasteiger partial charge on any atom is -0.333 e. The third kappa shape index (κ3) is 4.55. The van der Waals surface area contributed by atoms with Gasteiger partial charge in [0, 0.05) is 10.5 Å². The maximum atomic E-state index is 5.89. The fourth-order valence-corrected chi connectivity index (χ4v) is 3.82. The van der Waals surface area contributed by atoms with E-state index in [-0.39, 0.29) is 10.9 Å². The van der Waals surface area contributed by atoms with E-state index in [2.05, 4.69) is 27.7 Å². The summed E-state index contributed by atoms with van der Waals surface area (Å²) in [6, 6.07) is 0.